The van der Waals surface area contributed by atoms with Crippen LogP contribution >= 0.6 is 0 Å². The number of benzene rings is 7. The highest BCUT2D eigenvalue weighted by molar-refractivity contribution is 6.13. The molecule has 0 fully saturated rings. The summed E-state index contributed by atoms with van der Waals surface area (Å²) in [7, 11) is 0. The van der Waals surface area contributed by atoms with E-state index in [1.807, 2.05) is 127 Å². The molecule has 57 heavy (non-hydrogen) atoms. The van der Waals surface area contributed by atoms with Crippen LogP contribution < -0.4 is 16.0 Å². The van der Waals surface area contributed by atoms with Crippen LogP contribution in [0.5, 0.6) is 0 Å². The van der Waals surface area contributed by atoms with E-state index in [0.29, 0.717) is 17.1 Å². The van der Waals surface area contributed by atoms with E-state index in [0.717, 1.165) is 33.4 Å². The molecule has 0 bridgehead atoms. The second kappa shape index (κ2) is 18.1. The Hall–Kier alpha value is -8.37. The number of amides is 3. The van der Waals surface area contributed by atoms with Crippen molar-refractivity contribution in [1.29, 1.82) is 0 Å². The van der Waals surface area contributed by atoms with Crippen LogP contribution in [-0.4, -0.2) is 17.7 Å². The third-order valence-electron chi connectivity index (χ3n) is 8.52. The van der Waals surface area contributed by atoms with E-state index in [2.05, 4.69) is 51.5 Å². The first-order valence-electron chi connectivity index (χ1n) is 18.0. The van der Waals surface area contributed by atoms with Crippen LogP contribution in [0, 0.1) is 35.5 Å². The van der Waals surface area contributed by atoms with Gasteiger partial charge in [0.15, 0.2) is 0 Å². The molecule has 0 saturated heterocycles. The Balaban J connectivity index is 1.09. The van der Waals surface area contributed by atoms with E-state index in [1.165, 1.54) is 18.2 Å². The van der Waals surface area contributed by atoms with Crippen LogP contribution in [0.25, 0.3) is 0 Å². The molecule has 7 rings (SSSR count). The molecule has 3 amide bonds. The number of hydrogen-bond donors (Lipinski definition) is 3. The average molecular weight is 736 g/mol. The summed E-state index contributed by atoms with van der Waals surface area (Å²) in [6.45, 7) is 0. The predicted molar refractivity (Wildman–Crippen MR) is 227 cm³/mol. The first-order valence-corrected chi connectivity index (χ1v) is 18.0. The molecule has 6 nitrogen and oxygen atoms in total. The molecule has 3 N–H and O–H groups in total. The highest BCUT2D eigenvalue weighted by Gasteiger charge is 2.18. The lowest BCUT2D eigenvalue weighted by Crippen LogP contribution is -2.19. The van der Waals surface area contributed by atoms with Crippen molar-refractivity contribution in [3.05, 3.63) is 232 Å². The van der Waals surface area contributed by atoms with Gasteiger partial charge in [-0.1, -0.05) is 90.1 Å². The first kappa shape index (κ1) is 37.0. The summed E-state index contributed by atoms with van der Waals surface area (Å²) < 4.78 is 0. The van der Waals surface area contributed by atoms with Crippen molar-refractivity contribution in [3.63, 3.8) is 0 Å². The molecule has 0 aliphatic carbocycles. The summed E-state index contributed by atoms with van der Waals surface area (Å²) in [5.74, 6) is 17.2. The number of carbonyl (C=O) groups excluding carboxylic acids is 3. The molecule has 0 aliphatic rings. The zero-order valence-corrected chi connectivity index (χ0v) is 30.5. The fraction of sp³-hybridized carbons (Fsp3) is 0. The molecule has 6 heteroatoms. The fourth-order valence-corrected chi connectivity index (χ4v) is 5.54. The molecule has 270 valence electrons. The summed E-state index contributed by atoms with van der Waals surface area (Å²) in [5, 5.41) is 8.62. The lowest BCUT2D eigenvalue weighted by molar-refractivity contribution is 0.102. The summed E-state index contributed by atoms with van der Waals surface area (Å²) in [6.07, 6.45) is 0. The Morgan fingerprint density at radius 3 is 0.719 bits per heavy atom. The van der Waals surface area contributed by atoms with Crippen molar-refractivity contribution >= 4 is 34.8 Å². The smallest absolute Gasteiger partial charge is 0.255 e. The lowest BCUT2D eigenvalue weighted by atomic mass is 10.0. The Kier molecular flexibility index (Phi) is 11.7. The van der Waals surface area contributed by atoms with Crippen molar-refractivity contribution in [3.8, 4) is 35.5 Å². The van der Waals surface area contributed by atoms with Crippen molar-refractivity contribution in [2.24, 2.45) is 0 Å². The first-order chi connectivity index (χ1) is 27.9. The van der Waals surface area contributed by atoms with Gasteiger partial charge in [0.25, 0.3) is 17.7 Å². The van der Waals surface area contributed by atoms with Crippen LogP contribution in [0.4, 0.5) is 17.1 Å². The van der Waals surface area contributed by atoms with Gasteiger partial charge in [-0.2, -0.15) is 0 Å². The molecular weight excluding hydrogens is 703 g/mol. The maximum absolute atomic E-state index is 13.7. The van der Waals surface area contributed by atoms with E-state index in [-0.39, 0.29) is 16.7 Å². The second-order valence-electron chi connectivity index (χ2n) is 12.7. The number of anilines is 3. The fourth-order valence-electron chi connectivity index (χ4n) is 5.54. The maximum atomic E-state index is 13.7. The van der Waals surface area contributed by atoms with Gasteiger partial charge >= 0.3 is 0 Å². The van der Waals surface area contributed by atoms with Gasteiger partial charge in [-0.15, -0.1) is 0 Å². The monoisotopic (exact) mass is 735 g/mol. The predicted octanol–water partition coefficient (Wildman–Crippen LogP) is 9.64. The summed E-state index contributed by atoms with van der Waals surface area (Å²) in [4.78, 5) is 41.0. The van der Waals surface area contributed by atoms with Crippen LogP contribution in [0.3, 0.4) is 0 Å². The van der Waals surface area contributed by atoms with Crippen LogP contribution in [0.2, 0.25) is 0 Å². The standard InChI is InChI=1S/C51H33N3O3/c55-49(52-46-28-22-40(23-29-46)19-16-37-10-4-1-5-11-37)43-34-44(50(56)53-47-30-24-41(25-31-47)20-17-38-12-6-2-7-13-38)36-45(35-43)51(57)54-48-32-26-42(27-33-48)21-18-39-14-8-3-9-15-39/h1-15,22-36H,(H,52,55)(H,53,56)(H,54,57). The zero-order valence-electron chi connectivity index (χ0n) is 30.5. The summed E-state index contributed by atoms with van der Waals surface area (Å²) in [5.41, 5.74) is 6.98. The minimum atomic E-state index is -0.496. The van der Waals surface area contributed by atoms with Gasteiger partial charge in [0, 0.05) is 67.1 Å². The van der Waals surface area contributed by atoms with E-state index >= 15 is 0 Å². The normalized spacial score (nSPS) is 9.89. The Morgan fingerprint density at radius 1 is 0.281 bits per heavy atom. The molecule has 0 radical (unpaired) electrons. The van der Waals surface area contributed by atoms with Gasteiger partial charge in [0.1, 0.15) is 0 Å². The molecule has 0 atom stereocenters. The van der Waals surface area contributed by atoms with Gasteiger partial charge in [-0.3, -0.25) is 14.4 Å². The van der Waals surface area contributed by atoms with Gasteiger partial charge in [0.05, 0.1) is 0 Å². The minimum Gasteiger partial charge on any atom is -0.322 e. The summed E-state index contributed by atoms with van der Waals surface area (Å²) >= 11 is 0. The minimum absolute atomic E-state index is 0.124. The topological polar surface area (TPSA) is 87.3 Å². The number of nitrogens with one attached hydrogen (secondary N) is 3. The van der Waals surface area contributed by atoms with Crippen molar-refractivity contribution in [2.45, 2.75) is 0 Å². The molecule has 0 spiro atoms. The van der Waals surface area contributed by atoms with Crippen LogP contribution in [0.1, 0.15) is 64.5 Å². The van der Waals surface area contributed by atoms with Crippen molar-refractivity contribution < 1.29 is 14.4 Å². The molecule has 7 aromatic carbocycles. The summed E-state index contributed by atoms with van der Waals surface area (Å²) in [6, 6.07) is 54.7. The van der Waals surface area contributed by atoms with E-state index in [4.69, 9.17) is 0 Å². The largest absolute Gasteiger partial charge is 0.322 e. The van der Waals surface area contributed by atoms with Gasteiger partial charge in [-0.25, -0.2) is 0 Å². The molecule has 0 saturated carbocycles. The third-order valence-corrected chi connectivity index (χ3v) is 8.52. The molecule has 7 aromatic rings. The Bertz CT molecular complexity index is 2410. The number of hydrogen-bond acceptors (Lipinski definition) is 3. The van der Waals surface area contributed by atoms with Gasteiger partial charge in [0.2, 0.25) is 0 Å². The van der Waals surface area contributed by atoms with E-state index in [9.17, 15) is 14.4 Å². The van der Waals surface area contributed by atoms with Crippen LogP contribution in [-0.2, 0) is 0 Å². The second-order valence-corrected chi connectivity index (χ2v) is 12.7. The molecule has 0 unspecified atom stereocenters. The lowest BCUT2D eigenvalue weighted by Gasteiger charge is -2.12. The third kappa shape index (κ3) is 10.6. The SMILES string of the molecule is O=C(Nc1ccc(C#Cc2ccccc2)cc1)c1cc(C(=O)Nc2ccc(C#Cc3ccccc3)cc2)cc(C(=O)Nc2ccc(C#Cc3ccccc3)cc2)c1. The molecule has 0 aliphatic heterocycles. The number of carbonyl (C=O) groups is 3. The molecule has 0 aromatic heterocycles. The highest BCUT2D eigenvalue weighted by atomic mass is 16.2. The van der Waals surface area contributed by atoms with Gasteiger partial charge < -0.3 is 16.0 Å². The molecule has 0 heterocycles. The van der Waals surface area contributed by atoms with E-state index < -0.39 is 17.7 Å². The van der Waals surface area contributed by atoms with Crippen LogP contribution in [0.15, 0.2) is 182 Å². The molecular formula is C51H33N3O3. The average Bonchev–Trinajstić information content (AvgIpc) is 3.26. The number of rotatable bonds is 6. The highest BCUT2D eigenvalue weighted by Crippen LogP contribution is 2.19. The van der Waals surface area contributed by atoms with Crippen molar-refractivity contribution in [2.75, 3.05) is 16.0 Å². The quantitative estimate of drug-likeness (QED) is 0.149. The van der Waals surface area contributed by atoms with Gasteiger partial charge in [-0.05, 0) is 127 Å². The van der Waals surface area contributed by atoms with Crippen molar-refractivity contribution in [1.82, 2.24) is 0 Å². The maximum Gasteiger partial charge on any atom is 0.255 e. The zero-order chi connectivity index (χ0) is 39.2. The van der Waals surface area contributed by atoms with E-state index in [1.54, 1.807) is 36.4 Å². The Labute approximate surface area is 331 Å². The Morgan fingerprint density at radius 2 is 0.491 bits per heavy atom.